The van der Waals surface area contributed by atoms with Crippen molar-refractivity contribution in [2.45, 2.75) is 12.8 Å². The van der Waals surface area contributed by atoms with E-state index in [-0.39, 0.29) is 0 Å². The Balaban J connectivity index is 1.85. The summed E-state index contributed by atoms with van der Waals surface area (Å²) in [6.45, 7) is 3.01. The zero-order chi connectivity index (χ0) is 6.97. The van der Waals surface area contributed by atoms with Gasteiger partial charge in [-0.25, -0.2) is 0 Å². The molecule has 0 aromatic heterocycles. The van der Waals surface area contributed by atoms with Crippen molar-refractivity contribution >= 4 is 6.29 Å². The third-order valence-corrected chi connectivity index (χ3v) is 2.70. The highest BCUT2D eigenvalue weighted by molar-refractivity contribution is 5.52. The molecule has 2 saturated heterocycles. The summed E-state index contributed by atoms with van der Waals surface area (Å²) in [7, 11) is 0. The number of carbonyl (C=O) groups is 1. The summed E-state index contributed by atoms with van der Waals surface area (Å²) in [4.78, 5) is 12.4. The molecule has 2 aliphatic heterocycles. The van der Waals surface area contributed by atoms with E-state index < -0.39 is 0 Å². The Morgan fingerprint density at radius 1 is 1.30 bits per heavy atom. The number of aldehydes is 1. The number of nitrogens with zero attached hydrogens (tertiary/aromatic N) is 1. The number of hydrogen-bond donors (Lipinski definition) is 0. The highest BCUT2D eigenvalue weighted by Gasteiger charge is 2.36. The Bertz CT molecular complexity index is 130. The van der Waals surface area contributed by atoms with Crippen LogP contribution in [0.25, 0.3) is 0 Å². The topological polar surface area (TPSA) is 20.3 Å². The molecule has 0 aromatic rings. The molecule has 2 heteroatoms. The molecule has 3 rings (SSSR count). The quantitative estimate of drug-likeness (QED) is 0.520. The fourth-order valence-corrected chi connectivity index (χ4v) is 2.23. The first-order valence-corrected chi connectivity index (χ1v) is 4.04. The Morgan fingerprint density at radius 3 is 2.40 bits per heavy atom. The molecule has 0 aromatic carbocycles. The van der Waals surface area contributed by atoms with Gasteiger partial charge in [0.1, 0.15) is 6.29 Å². The van der Waals surface area contributed by atoms with Crippen LogP contribution in [0, 0.1) is 11.8 Å². The molecule has 1 aliphatic carbocycles. The summed E-state index contributed by atoms with van der Waals surface area (Å²) < 4.78 is 0. The number of fused-ring (bicyclic) bond motifs is 2. The number of rotatable bonds is 2. The van der Waals surface area contributed by atoms with E-state index in [1.54, 1.807) is 0 Å². The average Bonchev–Trinajstić information content (AvgIpc) is 1.87. The predicted octanol–water partition coefficient (Wildman–Crippen LogP) is 0.527. The fraction of sp³-hybridized carbons (Fsp3) is 0.875. The van der Waals surface area contributed by atoms with Gasteiger partial charge in [0.05, 0.1) is 6.54 Å². The lowest BCUT2D eigenvalue weighted by atomic mass is 9.71. The summed E-state index contributed by atoms with van der Waals surface area (Å²) in [6, 6.07) is 0. The maximum atomic E-state index is 10.2. The van der Waals surface area contributed by atoms with Crippen LogP contribution in [0.3, 0.4) is 0 Å². The third kappa shape index (κ3) is 0.966. The van der Waals surface area contributed by atoms with Crippen molar-refractivity contribution in [1.82, 2.24) is 4.90 Å². The van der Waals surface area contributed by atoms with Gasteiger partial charge in [-0.15, -0.1) is 0 Å². The van der Waals surface area contributed by atoms with E-state index in [1.165, 1.54) is 25.9 Å². The van der Waals surface area contributed by atoms with E-state index in [1.807, 2.05) is 0 Å². The SMILES string of the molecule is O=CCN1CC2CC(C2)C1. The summed E-state index contributed by atoms with van der Waals surface area (Å²) in [5.41, 5.74) is 0. The Kier molecular flexibility index (Phi) is 1.49. The van der Waals surface area contributed by atoms with Crippen molar-refractivity contribution < 1.29 is 4.79 Å². The van der Waals surface area contributed by atoms with Gasteiger partial charge in [-0.05, 0) is 24.7 Å². The predicted molar refractivity (Wildman–Crippen MR) is 38.7 cm³/mol. The van der Waals surface area contributed by atoms with Crippen molar-refractivity contribution in [3.05, 3.63) is 0 Å². The lowest BCUT2D eigenvalue weighted by Gasteiger charge is -2.46. The van der Waals surface area contributed by atoms with Gasteiger partial charge < -0.3 is 4.79 Å². The summed E-state index contributed by atoms with van der Waals surface area (Å²) in [5.74, 6) is 1.86. The molecule has 2 bridgehead atoms. The van der Waals surface area contributed by atoms with Gasteiger partial charge >= 0.3 is 0 Å². The lowest BCUT2D eigenvalue weighted by Crippen LogP contribution is -2.48. The molecule has 2 nitrogen and oxygen atoms in total. The Morgan fingerprint density at radius 2 is 1.90 bits per heavy atom. The smallest absolute Gasteiger partial charge is 0.133 e. The monoisotopic (exact) mass is 139 g/mol. The molecule has 0 atom stereocenters. The molecular formula is C8H13NO. The Hall–Kier alpha value is -0.370. The lowest BCUT2D eigenvalue weighted by molar-refractivity contribution is -0.110. The van der Waals surface area contributed by atoms with E-state index in [9.17, 15) is 4.79 Å². The maximum absolute atomic E-state index is 10.2. The van der Waals surface area contributed by atoms with Gasteiger partial charge in [0.25, 0.3) is 0 Å². The molecule has 0 radical (unpaired) electrons. The van der Waals surface area contributed by atoms with Crippen LogP contribution < -0.4 is 0 Å². The molecule has 3 fully saturated rings. The summed E-state index contributed by atoms with van der Waals surface area (Å²) in [6.07, 6.45) is 3.87. The third-order valence-electron chi connectivity index (χ3n) is 2.70. The van der Waals surface area contributed by atoms with Crippen molar-refractivity contribution in [3.63, 3.8) is 0 Å². The van der Waals surface area contributed by atoms with E-state index in [2.05, 4.69) is 4.90 Å². The van der Waals surface area contributed by atoms with Crippen LogP contribution in [0.1, 0.15) is 12.8 Å². The highest BCUT2D eigenvalue weighted by atomic mass is 16.1. The van der Waals surface area contributed by atoms with E-state index in [4.69, 9.17) is 0 Å². The summed E-state index contributed by atoms with van der Waals surface area (Å²) >= 11 is 0. The minimum atomic E-state index is 0.660. The van der Waals surface area contributed by atoms with E-state index in [0.29, 0.717) is 6.54 Å². The van der Waals surface area contributed by atoms with E-state index >= 15 is 0 Å². The van der Waals surface area contributed by atoms with Crippen LogP contribution >= 0.6 is 0 Å². The van der Waals surface area contributed by atoms with Crippen LogP contribution in [0.15, 0.2) is 0 Å². The summed E-state index contributed by atoms with van der Waals surface area (Å²) in [5, 5.41) is 0. The van der Waals surface area contributed by atoms with Gasteiger partial charge in [0.15, 0.2) is 0 Å². The van der Waals surface area contributed by atoms with Gasteiger partial charge in [0, 0.05) is 13.1 Å². The zero-order valence-electron chi connectivity index (χ0n) is 6.12. The molecule has 3 aliphatic rings. The van der Waals surface area contributed by atoms with Crippen LogP contribution in [-0.2, 0) is 4.79 Å². The van der Waals surface area contributed by atoms with Gasteiger partial charge in [-0.3, -0.25) is 4.90 Å². The fourth-order valence-electron chi connectivity index (χ4n) is 2.23. The van der Waals surface area contributed by atoms with Crippen molar-refractivity contribution in [2.75, 3.05) is 19.6 Å². The first-order valence-electron chi connectivity index (χ1n) is 4.04. The molecule has 0 spiro atoms. The molecule has 0 N–H and O–H groups in total. The molecule has 10 heavy (non-hydrogen) atoms. The van der Waals surface area contributed by atoms with Gasteiger partial charge in [0.2, 0.25) is 0 Å². The Labute approximate surface area is 61.2 Å². The maximum Gasteiger partial charge on any atom is 0.133 e. The largest absolute Gasteiger partial charge is 0.302 e. The minimum absolute atomic E-state index is 0.660. The van der Waals surface area contributed by atoms with Crippen LogP contribution in [-0.4, -0.2) is 30.8 Å². The molecule has 0 amide bonds. The standard InChI is InChI=1S/C8H13NO/c10-2-1-9-5-7-3-8(4-7)6-9/h2,7-8H,1,3-6H2. The average molecular weight is 139 g/mol. The number of piperidine rings is 2. The van der Waals surface area contributed by atoms with Gasteiger partial charge in [-0.1, -0.05) is 0 Å². The van der Waals surface area contributed by atoms with Crippen LogP contribution in [0.2, 0.25) is 0 Å². The van der Waals surface area contributed by atoms with Crippen molar-refractivity contribution in [3.8, 4) is 0 Å². The van der Waals surface area contributed by atoms with Gasteiger partial charge in [-0.2, -0.15) is 0 Å². The molecular weight excluding hydrogens is 126 g/mol. The van der Waals surface area contributed by atoms with Crippen LogP contribution in [0.5, 0.6) is 0 Å². The van der Waals surface area contributed by atoms with Crippen LogP contribution in [0.4, 0.5) is 0 Å². The second-order valence-corrected chi connectivity index (χ2v) is 3.59. The zero-order valence-corrected chi connectivity index (χ0v) is 6.12. The number of carbonyl (C=O) groups excluding carboxylic acids is 1. The molecule has 0 unspecified atom stereocenters. The number of hydrogen-bond acceptors (Lipinski definition) is 2. The molecule has 56 valence electrons. The second kappa shape index (κ2) is 2.35. The second-order valence-electron chi connectivity index (χ2n) is 3.59. The molecule has 1 saturated carbocycles. The normalized spacial score (nSPS) is 38.8. The van der Waals surface area contributed by atoms with E-state index in [0.717, 1.165) is 18.1 Å². The highest BCUT2D eigenvalue weighted by Crippen LogP contribution is 2.38. The minimum Gasteiger partial charge on any atom is -0.302 e. The first-order chi connectivity index (χ1) is 4.88. The van der Waals surface area contributed by atoms with Crippen molar-refractivity contribution in [2.24, 2.45) is 11.8 Å². The first kappa shape index (κ1) is 6.35. The van der Waals surface area contributed by atoms with Crippen molar-refractivity contribution in [1.29, 1.82) is 0 Å². The molecule has 2 heterocycles.